The Bertz CT molecular complexity index is 816. The molecule has 9 heteroatoms. The Morgan fingerprint density at radius 2 is 1.81 bits per heavy atom. The molecule has 1 aromatic carbocycles. The van der Waals surface area contributed by atoms with Crippen LogP contribution in [0, 0.1) is 5.92 Å². The highest BCUT2D eigenvalue weighted by Crippen LogP contribution is 2.35. The zero-order valence-corrected chi connectivity index (χ0v) is 14.5. The van der Waals surface area contributed by atoms with E-state index in [9.17, 15) is 19.2 Å². The highest BCUT2D eigenvalue weighted by molar-refractivity contribution is 6.47. The molecule has 0 saturated carbocycles. The molecule has 9 nitrogen and oxygen atoms in total. The molecule has 1 saturated heterocycles. The predicted octanol–water partition coefficient (Wildman–Crippen LogP) is 0.334. The summed E-state index contributed by atoms with van der Waals surface area (Å²) in [6, 6.07) is 5.13. The third kappa shape index (κ3) is 2.61. The van der Waals surface area contributed by atoms with Crippen molar-refractivity contribution < 1.29 is 28.7 Å². The van der Waals surface area contributed by atoms with Crippen LogP contribution in [0.25, 0.3) is 0 Å². The summed E-state index contributed by atoms with van der Waals surface area (Å²) >= 11 is 0. The Morgan fingerprint density at radius 1 is 1.15 bits per heavy atom. The topological polar surface area (TPSA) is 106 Å². The van der Waals surface area contributed by atoms with Crippen molar-refractivity contribution in [2.75, 3.05) is 18.6 Å². The van der Waals surface area contributed by atoms with E-state index in [2.05, 4.69) is 5.10 Å². The summed E-state index contributed by atoms with van der Waals surface area (Å²) in [5, 5.41) is 4.76. The van der Waals surface area contributed by atoms with Crippen molar-refractivity contribution in [2.45, 2.75) is 19.9 Å². The Balaban J connectivity index is 2.00. The number of hydrogen-bond donors (Lipinski definition) is 0. The molecule has 136 valence electrons. The zero-order valence-electron chi connectivity index (χ0n) is 14.5. The van der Waals surface area contributed by atoms with Gasteiger partial charge in [0.15, 0.2) is 11.8 Å². The van der Waals surface area contributed by atoms with Gasteiger partial charge in [0, 0.05) is 6.92 Å². The number of anilines is 1. The number of fused-ring (bicyclic) bond motifs is 1. The molecule has 0 spiro atoms. The van der Waals surface area contributed by atoms with Crippen LogP contribution in [0.3, 0.4) is 0 Å². The van der Waals surface area contributed by atoms with Gasteiger partial charge in [-0.1, -0.05) is 0 Å². The average Bonchev–Trinajstić information content (AvgIpc) is 3.13. The molecule has 2 aliphatic rings. The molecule has 0 aliphatic carbocycles. The molecule has 2 atom stereocenters. The van der Waals surface area contributed by atoms with E-state index in [1.165, 1.54) is 14.0 Å². The second-order valence-electron chi connectivity index (χ2n) is 5.70. The number of methoxy groups -OCH3 is 1. The largest absolute Gasteiger partial charge is 0.497 e. The Kier molecular flexibility index (Phi) is 4.45. The summed E-state index contributed by atoms with van der Waals surface area (Å²) < 4.78 is 9.97. The quantitative estimate of drug-likeness (QED) is 0.567. The van der Waals surface area contributed by atoms with Crippen LogP contribution in [0.4, 0.5) is 5.69 Å². The molecular formula is C17H17N3O6. The molecule has 0 unspecified atom stereocenters. The lowest BCUT2D eigenvalue weighted by Crippen LogP contribution is -2.41. The molecule has 2 aliphatic heterocycles. The predicted molar refractivity (Wildman–Crippen MR) is 89.4 cm³/mol. The van der Waals surface area contributed by atoms with Crippen LogP contribution in [0.2, 0.25) is 0 Å². The number of hydrogen-bond acceptors (Lipinski definition) is 7. The average molecular weight is 359 g/mol. The standard InChI is InChI=1S/C17H17N3O6/c1-4-26-17(24)13-12-14(20(18-13)9(2)21)16(23)19(15(12)22)10-5-7-11(25-3)8-6-10/h5-8,12,14H,4H2,1-3H3/t12-,14-/m1/s1. The number of ether oxygens (including phenoxy) is 2. The number of benzene rings is 1. The third-order valence-corrected chi connectivity index (χ3v) is 4.19. The van der Waals surface area contributed by atoms with E-state index in [0.29, 0.717) is 11.4 Å². The Morgan fingerprint density at radius 3 is 2.35 bits per heavy atom. The van der Waals surface area contributed by atoms with Crippen molar-refractivity contribution >= 4 is 35.1 Å². The Hall–Kier alpha value is -3.23. The van der Waals surface area contributed by atoms with Crippen LogP contribution in [0.5, 0.6) is 5.75 Å². The summed E-state index contributed by atoms with van der Waals surface area (Å²) in [5.41, 5.74) is 0.0864. The second-order valence-corrected chi connectivity index (χ2v) is 5.70. The minimum absolute atomic E-state index is 0.0830. The van der Waals surface area contributed by atoms with Crippen LogP contribution < -0.4 is 9.64 Å². The minimum atomic E-state index is -1.18. The molecule has 1 fully saturated rings. The van der Waals surface area contributed by atoms with E-state index in [1.807, 2.05) is 0 Å². The van der Waals surface area contributed by atoms with Crippen molar-refractivity contribution in [1.29, 1.82) is 0 Å². The van der Waals surface area contributed by atoms with E-state index in [4.69, 9.17) is 9.47 Å². The first-order valence-corrected chi connectivity index (χ1v) is 7.98. The number of amides is 3. The number of carbonyl (C=O) groups excluding carboxylic acids is 4. The van der Waals surface area contributed by atoms with Crippen molar-refractivity contribution in [3.8, 4) is 5.75 Å². The number of esters is 1. The van der Waals surface area contributed by atoms with Gasteiger partial charge in [-0.3, -0.25) is 14.4 Å². The van der Waals surface area contributed by atoms with Crippen molar-refractivity contribution in [1.82, 2.24) is 5.01 Å². The molecular weight excluding hydrogens is 342 g/mol. The molecule has 0 radical (unpaired) electrons. The lowest BCUT2D eigenvalue weighted by atomic mass is 9.98. The van der Waals surface area contributed by atoms with Gasteiger partial charge in [-0.2, -0.15) is 5.10 Å². The van der Waals surface area contributed by atoms with Gasteiger partial charge < -0.3 is 9.47 Å². The Labute approximate surface area is 149 Å². The molecule has 1 aromatic rings. The lowest BCUT2D eigenvalue weighted by molar-refractivity contribution is -0.136. The van der Waals surface area contributed by atoms with Crippen LogP contribution in [0.15, 0.2) is 29.4 Å². The van der Waals surface area contributed by atoms with Crippen molar-refractivity contribution in [2.24, 2.45) is 11.0 Å². The van der Waals surface area contributed by atoms with Gasteiger partial charge in [0.25, 0.3) is 5.91 Å². The molecule has 0 N–H and O–H groups in total. The van der Waals surface area contributed by atoms with Gasteiger partial charge in [0.2, 0.25) is 11.8 Å². The monoisotopic (exact) mass is 359 g/mol. The number of imide groups is 1. The van der Waals surface area contributed by atoms with Crippen LogP contribution in [-0.2, 0) is 23.9 Å². The maximum absolute atomic E-state index is 12.9. The van der Waals surface area contributed by atoms with E-state index < -0.39 is 35.7 Å². The normalized spacial score (nSPS) is 21.6. The number of carbonyl (C=O) groups is 4. The smallest absolute Gasteiger partial charge is 0.355 e. The van der Waals surface area contributed by atoms with E-state index in [1.54, 1.807) is 31.2 Å². The first-order chi connectivity index (χ1) is 12.4. The van der Waals surface area contributed by atoms with E-state index >= 15 is 0 Å². The SMILES string of the molecule is CCOC(=O)C1=NN(C(C)=O)[C@H]2C(=O)N(c3ccc(OC)cc3)C(=O)[C@H]12. The van der Waals surface area contributed by atoms with Crippen LogP contribution in [-0.4, -0.2) is 54.2 Å². The van der Waals surface area contributed by atoms with Crippen molar-refractivity contribution in [3.05, 3.63) is 24.3 Å². The van der Waals surface area contributed by atoms with Gasteiger partial charge in [-0.05, 0) is 31.2 Å². The fourth-order valence-electron chi connectivity index (χ4n) is 3.04. The molecule has 3 rings (SSSR count). The molecule has 0 aromatic heterocycles. The number of hydrazone groups is 1. The number of rotatable bonds is 4. The maximum Gasteiger partial charge on any atom is 0.355 e. The summed E-state index contributed by atoms with van der Waals surface area (Å²) in [7, 11) is 1.50. The highest BCUT2D eigenvalue weighted by atomic mass is 16.5. The first-order valence-electron chi connectivity index (χ1n) is 7.98. The number of nitrogens with zero attached hydrogens (tertiary/aromatic N) is 3. The summed E-state index contributed by atoms with van der Waals surface area (Å²) in [6.45, 7) is 2.90. The summed E-state index contributed by atoms with van der Waals surface area (Å²) in [4.78, 5) is 50.7. The highest BCUT2D eigenvalue weighted by Gasteiger charge is 2.59. The zero-order chi connectivity index (χ0) is 19.0. The van der Waals surface area contributed by atoms with Gasteiger partial charge in [-0.25, -0.2) is 14.7 Å². The molecule has 2 heterocycles. The fraction of sp³-hybridized carbons (Fsp3) is 0.353. The first kappa shape index (κ1) is 17.6. The summed E-state index contributed by atoms with van der Waals surface area (Å²) in [6.07, 6.45) is 0. The minimum Gasteiger partial charge on any atom is -0.497 e. The molecule has 0 bridgehead atoms. The summed E-state index contributed by atoms with van der Waals surface area (Å²) in [5.74, 6) is -3.22. The third-order valence-electron chi connectivity index (χ3n) is 4.19. The van der Waals surface area contributed by atoms with Gasteiger partial charge in [0.1, 0.15) is 11.7 Å². The molecule has 3 amide bonds. The fourth-order valence-corrected chi connectivity index (χ4v) is 3.04. The maximum atomic E-state index is 12.9. The van der Waals surface area contributed by atoms with Gasteiger partial charge in [0.05, 0.1) is 19.4 Å². The van der Waals surface area contributed by atoms with E-state index in [0.717, 1.165) is 9.91 Å². The van der Waals surface area contributed by atoms with E-state index in [-0.39, 0.29) is 12.3 Å². The molecule has 26 heavy (non-hydrogen) atoms. The van der Waals surface area contributed by atoms with Crippen molar-refractivity contribution in [3.63, 3.8) is 0 Å². The second kappa shape index (κ2) is 6.58. The van der Waals surface area contributed by atoms with Crippen LogP contribution >= 0.6 is 0 Å². The van der Waals surface area contributed by atoms with Gasteiger partial charge in [-0.15, -0.1) is 0 Å². The van der Waals surface area contributed by atoms with Crippen LogP contribution in [0.1, 0.15) is 13.8 Å². The lowest BCUT2D eigenvalue weighted by Gasteiger charge is -2.19. The van der Waals surface area contributed by atoms with Gasteiger partial charge >= 0.3 is 5.97 Å².